The molecule has 0 amide bonds. The van der Waals surface area contributed by atoms with E-state index in [1.807, 2.05) is 0 Å². The molecule has 4 heteroatoms. The fourth-order valence-electron chi connectivity index (χ4n) is 1.85. The van der Waals surface area contributed by atoms with Gasteiger partial charge in [-0.3, -0.25) is 0 Å². The van der Waals surface area contributed by atoms with E-state index in [4.69, 9.17) is 0 Å². The molecule has 2 nitrogen and oxygen atoms in total. The molecule has 15 heavy (non-hydrogen) atoms. The highest BCUT2D eigenvalue weighted by molar-refractivity contribution is 9.09. The van der Waals surface area contributed by atoms with Crippen molar-refractivity contribution in [1.82, 2.24) is 4.98 Å². The van der Waals surface area contributed by atoms with Crippen molar-refractivity contribution in [3.8, 4) is 0 Å². The third kappa shape index (κ3) is 2.21. The number of anilines is 1. The third-order valence-corrected chi connectivity index (χ3v) is 5.48. The van der Waals surface area contributed by atoms with Crippen LogP contribution < -0.4 is 4.90 Å². The summed E-state index contributed by atoms with van der Waals surface area (Å²) in [5.74, 6) is 0. The van der Waals surface area contributed by atoms with Gasteiger partial charge in [0.2, 0.25) is 0 Å². The van der Waals surface area contributed by atoms with Crippen LogP contribution in [-0.2, 0) is 6.42 Å². The van der Waals surface area contributed by atoms with Crippen molar-refractivity contribution >= 4 is 32.4 Å². The number of rotatable bonds is 2. The highest BCUT2D eigenvalue weighted by atomic mass is 79.9. The van der Waals surface area contributed by atoms with Crippen LogP contribution >= 0.6 is 27.3 Å². The summed E-state index contributed by atoms with van der Waals surface area (Å²) in [5, 5.41) is 3.35. The third-order valence-electron chi connectivity index (χ3n) is 3.00. The van der Waals surface area contributed by atoms with Gasteiger partial charge in [0.15, 0.2) is 5.13 Å². The minimum Gasteiger partial charge on any atom is -0.346 e. The highest BCUT2D eigenvalue weighted by Gasteiger charge is 2.38. The predicted molar refractivity (Wildman–Crippen MR) is 70.2 cm³/mol. The molecule has 0 aromatic carbocycles. The molecule has 0 bridgehead atoms. The molecule has 1 aliphatic rings. The number of thiazole rings is 1. The maximum absolute atomic E-state index is 4.63. The lowest BCUT2D eigenvalue weighted by Crippen LogP contribution is -2.23. The second kappa shape index (κ2) is 4.06. The monoisotopic (exact) mass is 288 g/mol. The zero-order valence-corrected chi connectivity index (χ0v) is 11.9. The number of hydrogen-bond donors (Lipinski definition) is 0. The first-order valence-corrected chi connectivity index (χ1v) is 7.16. The number of nitrogens with zero attached hydrogens (tertiary/aromatic N) is 2. The van der Waals surface area contributed by atoms with Crippen molar-refractivity contribution in [1.29, 1.82) is 0 Å². The molecule has 1 aliphatic heterocycles. The van der Waals surface area contributed by atoms with E-state index < -0.39 is 0 Å². The molecule has 0 N–H and O–H groups in total. The lowest BCUT2D eigenvalue weighted by Gasteiger charge is -2.20. The zero-order chi connectivity index (χ0) is 11.1. The first kappa shape index (κ1) is 11.4. The van der Waals surface area contributed by atoms with E-state index in [9.17, 15) is 0 Å². The van der Waals surface area contributed by atoms with Crippen molar-refractivity contribution < 1.29 is 0 Å². The van der Waals surface area contributed by atoms with Crippen LogP contribution in [0.4, 0.5) is 5.13 Å². The first-order valence-electron chi connectivity index (χ1n) is 5.36. The molecule has 2 heterocycles. The fourth-order valence-corrected chi connectivity index (χ4v) is 3.26. The van der Waals surface area contributed by atoms with Crippen LogP contribution in [-0.4, -0.2) is 22.9 Å². The van der Waals surface area contributed by atoms with E-state index in [0.717, 1.165) is 19.5 Å². The molecule has 1 fully saturated rings. The zero-order valence-electron chi connectivity index (χ0n) is 9.46. The molecule has 0 spiro atoms. The summed E-state index contributed by atoms with van der Waals surface area (Å²) in [7, 11) is 0. The molecule has 0 radical (unpaired) electrons. The summed E-state index contributed by atoms with van der Waals surface area (Å²) in [6, 6.07) is 0. The summed E-state index contributed by atoms with van der Waals surface area (Å²) < 4.78 is 0. The van der Waals surface area contributed by atoms with Crippen molar-refractivity contribution in [3.05, 3.63) is 11.1 Å². The molecule has 1 aromatic rings. The van der Waals surface area contributed by atoms with Gasteiger partial charge >= 0.3 is 0 Å². The van der Waals surface area contributed by atoms with Gasteiger partial charge in [0, 0.05) is 23.3 Å². The van der Waals surface area contributed by atoms with Gasteiger partial charge in [0.1, 0.15) is 0 Å². The Morgan fingerprint density at radius 1 is 1.67 bits per heavy atom. The van der Waals surface area contributed by atoms with Crippen LogP contribution in [0.25, 0.3) is 0 Å². The molecule has 1 saturated heterocycles. The SMILES string of the molecule is CCc1csc(N2CC(Br)C(C)(C)C2)n1. The van der Waals surface area contributed by atoms with Crippen LogP contribution in [0.3, 0.4) is 0 Å². The summed E-state index contributed by atoms with van der Waals surface area (Å²) in [6.07, 6.45) is 1.03. The van der Waals surface area contributed by atoms with Gasteiger partial charge in [0.25, 0.3) is 0 Å². The lowest BCUT2D eigenvalue weighted by atomic mass is 9.93. The number of hydrogen-bond acceptors (Lipinski definition) is 3. The minimum atomic E-state index is 0.345. The van der Waals surface area contributed by atoms with Crippen LogP contribution in [0.15, 0.2) is 5.38 Å². The quantitative estimate of drug-likeness (QED) is 0.776. The van der Waals surface area contributed by atoms with Crippen molar-refractivity contribution in [3.63, 3.8) is 0 Å². The predicted octanol–water partition coefficient (Wildman–Crippen LogP) is 3.32. The summed E-state index contributed by atoms with van der Waals surface area (Å²) in [6.45, 7) is 8.94. The second-order valence-corrected chi connectivity index (χ2v) is 6.75. The molecule has 0 aliphatic carbocycles. The number of halogens is 1. The Bertz CT molecular complexity index is 348. The molecule has 84 valence electrons. The van der Waals surface area contributed by atoms with E-state index in [-0.39, 0.29) is 0 Å². The maximum atomic E-state index is 4.63. The molecule has 1 unspecified atom stereocenters. The normalized spacial score (nSPS) is 24.8. The second-order valence-electron chi connectivity index (χ2n) is 4.81. The molecular formula is C11H17BrN2S. The minimum absolute atomic E-state index is 0.345. The number of alkyl halides is 1. The highest BCUT2D eigenvalue weighted by Crippen LogP contribution is 2.38. The van der Waals surface area contributed by atoms with E-state index in [2.05, 4.69) is 52.0 Å². The Balaban J connectivity index is 2.13. The van der Waals surface area contributed by atoms with Crippen LogP contribution in [0, 0.1) is 5.41 Å². The Morgan fingerprint density at radius 2 is 2.40 bits per heavy atom. The van der Waals surface area contributed by atoms with Gasteiger partial charge < -0.3 is 4.90 Å². The lowest BCUT2D eigenvalue weighted by molar-refractivity contribution is 0.434. The average molecular weight is 289 g/mol. The Morgan fingerprint density at radius 3 is 2.87 bits per heavy atom. The Labute approximate surface area is 104 Å². The van der Waals surface area contributed by atoms with Crippen LogP contribution in [0.5, 0.6) is 0 Å². The standard InChI is InChI=1S/C11H17BrN2S/c1-4-8-6-15-10(13-8)14-5-9(12)11(2,3)7-14/h6,9H,4-5,7H2,1-3H3. The molecule has 2 rings (SSSR count). The van der Waals surface area contributed by atoms with Crippen molar-refractivity contribution in [2.45, 2.75) is 32.0 Å². The van der Waals surface area contributed by atoms with E-state index in [1.165, 1.54) is 10.8 Å². The topological polar surface area (TPSA) is 16.1 Å². The Hall–Kier alpha value is -0.0900. The maximum Gasteiger partial charge on any atom is 0.185 e. The fraction of sp³-hybridized carbons (Fsp3) is 0.727. The largest absolute Gasteiger partial charge is 0.346 e. The summed E-state index contributed by atoms with van der Waals surface area (Å²) in [5.41, 5.74) is 1.56. The van der Waals surface area contributed by atoms with E-state index >= 15 is 0 Å². The van der Waals surface area contributed by atoms with Crippen molar-refractivity contribution in [2.24, 2.45) is 5.41 Å². The molecule has 0 saturated carbocycles. The van der Waals surface area contributed by atoms with Gasteiger partial charge in [-0.1, -0.05) is 36.7 Å². The molecule has 1 atom stereocenters. The summed E-state index contributed by atoms with van der Waals surface area (Å²) in [4.78, 5) is 7.59. The first-order chi connectivity index (χ1) is 7.03. The molecule has 1 aromatic heterocycles. The average Bonchev–Trinajstić information content (AvgIpc) is 2.72. The van der Waals surface area contributed by atoms with Gasteiger partial charge in [-0.2, -0.15) is 0 Å². The number of aromatic nitrogens is 1. The van der Waals surface area contributed by atoms with Gasteiger partial charge in [-0.25, -0.2) is 4.98 Å². The van der Waals surface area contributed by atoms with E-state index in [1.54, 1.807) is 11.3 Å². The number of aryl methyl sites for hydroxylation is 1. The van der Waals surface area contributed by atoms with Crippen LogP contribution in [0.2, 0.25) is 0 Å². The van der Waals surface area contributed by atoms with Crippen molar-refractivity contribution in [2.75, 3.05) is 18.0 Å². The summed E-state index contributed by atoms with van der Waals surface area (Å²) >= 11 is 5.52. The van der Waals surface area contributed by atoms with E-state index in [0.29, 0.717) is 10.2 Å². The Kier molecular flexibility index (Phi) is 3.08. The van der Waals surface area contributed by atoms with Crippen LogP contribution in [0.1, 0.15) is 26.5 Å². The molecular weight excluding hydrogens is 272 g/mol. The smallest absolute Gasteiger partial charge is 0.185 e. The van der Waals surface area contributed by atoms with Gasteiger partial charge in [-0.05, 0) is 11.8 Å². The van der Waals surface area contributed by atoms with Gasteiger partial charge in [0.05, 0.1) is 5.69 Å². The van der Waals surface area contributed by atoms with Gasteiger partial charge in [-0.15, -0.1) is 11.3 Å².